The number of amides is 2. The maximum atomic E-state index is 13.5. The van der Waals surface area contributed by atoms with E-state index in [0.717, 1.165) is 21.8 Å². The van der Waals surface area contributed by atoms with Crippen LogP contribution in [0.2, 0.25) is 5.02 Å². The lowest BCUT2D eigenvalue weighted by molar-refractivity contribution is -0.141. The van der Waals surface area contributed by atoms with Crippen molar-refractivity contribution in [2.24, 2.45) is 0 Å². The molecule has 3 aromatic carbocycles. The number of carbonyl (C=O) groups excluding carboxylic acids is 2. The van der Waals surface area contributed by atoms with Crippen LogP contribution >= 0.6 is 23.4 Å². The molecule has 0 aromatic heterocycles. The fraction of sp³-hybridized carbons (Fsp3) is 0.310. The van der Waals surface area contributed by atoms with E-state index in [-0.39, 0.29) is 30.2 Å². The van der Waals surface area contributed by atoms with Crippen LogP contribution in [0, 0.1) is 5.82 Å². The molecule has 0 unspecified atom stereocenters. The molecule has 7 heteroatoms. The molecule has 2 amide bonds. The number of hydrogen-bond donors (Lipinski definition) is 1. The minimum absolute atomic E-state index is 0.0608. The van der Waals surface area contributed by atoms with Gasteiger partial charge in [-0.15, -0.1) is 11.8 Å². The molecular weight excluding hydrogens is 495 g/mol. The van der Waals surface area contributed by atoms with E-state index >= 15 is 0 Å². The summed E-state index contributed by atoms with van der Waals surface area (Å²) in [4.78, 5) is 29.6. The number of nitrogens with one attached hydrogen (secondary N) is 1. The second kappa shape index (κ2) is 14.0. The molecule has 190 valence electrons. The Morgan fingerprint density at radius 1 is 0.944 bits per heavy atom. The standard InChI is InChI=1S/C29H32ClFN2O2S/c1-21(2)32-29(35)27(19-22-7-4-3-5-8-22)33(20-23-10-14-25(31)15-11-23)28(34)9-6-18-36-26-16-12-24(30)13-17-26/h3-5,7-8,10-17,21,27H,6,9,18-20H2,1-2H3,(H,32,35)/t27-/m0/s1. The van der Waals surface area contributed by atoms with E-state index in [1.807, 2.05) is 68.4 Å². The highest BCUT2D eigenvalue weighted by molar-refractivity contribution is 7.99. The summed E-state index contributed by atoms with van der Waals surface area (Å²) in [5, 5.41) is 3.67. The van der Waals surface area contributed by atoms with Crippen LogP contribution in [0.15, 0.2) is 83.8 Å². The first-order valence-corrected chi connectivity index (χ1v) is 13.4. The van der Waals surface area contributed by atoms with Gasteiger partial charge in [0.2, 0.25) is 11.8 Å². The Hall–Kier alpha value is -2.83. The van der Waals surface area contributed by atoms with Gasteiger partial charge < -0.3 is 10.2 Å². The molecule has 0 bridgehead atoms. The zero-order valence-corrected chi connectivity index (χ0v) is 22.2. The molecule has 0 aliphatic rings. The van der Waals surface area contributed by atoms with Gasteiger partial charge in [-0.3, -0.25) is 9.59 Å². The molecular formula is C29H32ClFN2O2S. The number of hydrogen-bond acceptors (Lipinski definition) is 3. The quantitative estimate of drug-likeness (QED) is 0.216. The highest BCUT2D eigenvalue weighted by Crippen LogP contribution is 2.22. The van der Waals surface area contributed by atoms with Gasteiger partial charge in [0.15, 0.2) is 0 Å². The van der Waals surface area contributed by atoms with E-state index in [4.69, 9.17) is 11.6 Å². The first kappa shape index (κ1) is 27.8. The van der Waals surface area contributed by atoms with Crippen LogP contribution in [0.25, 0.3) is 0 Å². The molecule has 3 aromatic rings. The summed E-state index contributed by atoms with van der Waals surface area (Å²) < 4.78 is 13.5. The molecule has 0 saturated carbocycles. The van der Waals surface area contributed by atoms with Crippen LogP contribution in [0.1, 0.15) is 37.8 Å². The predicted octanol–water partition coefficient (Wildman–Crippen LogP) is 6.52. The Labute approximate surface area is 222 Å². The van der Waals surface area contributed by atoms with Gasteiger partial charge in [-0.05, 0) is 73.5 Å². The molecule has 0 heterocycles. The number of benzene rings is 3. The molecule has 3 rings (SSSR count). The van der Waals surface area contributed by atoms with Crippen molar-refractivity contribution in [2.45, 2.75) is 56.6 Å². The molecule has 1 N–H and O–H groups in total. The van der Waals surface area contributed by atoms with Crippen molar-refractivity contribution in [3.05, 3.63) is 101 Å². The molecule has 0 aliphatic heterocycles. The van der Waals surface area contributed by atoms with Crippen molar-refractivity contribution >= 4 is 35.2 Å². The Bertz CT molecular complexity index is 1110. The number of thioether (sulfide) groups is 1. The summed E-state index contributed by atoms with van der Waals surface area (Å²) in [5.41, 5.74) is 1.74. The van der Waals surface area contributed by atoms with Crippen molar-refractivity contribution < 1.29 is 14.0 Å². The van der Waals surface area contributed by atoms with Crippen LogP contribution in [0.5, 0.6) is 0 Å². The third-order valence-electron chi connectivity index (χ3n) is 5.59. The third kappa shape index (κ3) is 8.99. The zero-order chi connectivity index (χ0) is 25.9. The van der Waals surface area contributed by atoms with Crippen LogP contribution < -0.4 is 5.32 Å². The topological polar surface area (TPSA) is 49.4 Å². The summed E-state index contributed by atoms with van der Waals surface area (Å²) in [6.07, 6.45) is 1.36. The molecule has 4 nitrogen and oxygen atoms in total. The van der Waals surface area contributed by atoms with Gasteiger partial charge in [0.05, 0.1) is 0 Å². The van der Waals surface area contributed by atoms with Crippen molar-refractivity contribution in [1.29, 1.82) is 0 Å². The Morgan fingerprint density at radius 2 is 1.61 bits per heavy atom. The summed E-state index contributed by atoms with van der Waals surface area (Å²) in [5.74, 6) is 0.129. The van der Waals surface area contributed by atoms with Gasteiger partial charge in [-0.25, -0.2) is 4.39 Å². The van der Waals surface area contributed by atoms with Gasteiger partial charge in [-0.1, -0.05) is 54.1 Å². The maximum absolute atomic E-state index is 13.5. The van der Waals surface area contributed by atoms with Gasteiger partial charge >= 0.3 is 0 Å². The normalized spacial score (nSPS) is 11.8. The second-order valence-corrected chi connectivity index (χ2v) is 10.5. The Kier molecular flexibility index (Phi) is 10.8. The second-order valence-electron chi connectivity index (χ2n) is 8.92. The van der Waals surface area contributed by atoms with Gasteiger partial charge in [0, 0.05) is 35.3 Å². The summed E-state index contributed by atoms with van der Waals surface area (Å²) in [6, 6.07) is 22.6. The number of carbonyl (C=O) groups is 2. The molecule has 0 fully saturated rings. The van der Waals surface area contributed by atoms with E-state index in [2.05, 4.69) is 5.32 Å². The van der Waals surface area contributed by atoms with Gasteiger partial charge in [0.1, 0.15) is 11.9 Å². The van der Waals surface area contributed by atoms with Crippen molar-refractivity contribution in [3.8, 4) is 0 Å². The number of nitrogens with zero attached hydrogens (tertiary/aromatic N) is 1. The third-order valence-corrected chi connectivity index (χ3v) is 6.94. The smallest absolute Gasteiger partial charge is 0.243 e. The minimum Gasteiger partial charge on any atom is -0.352 e. The predicted molar refractivity (Wildman–Crippen MR) is 146 cm³/mol. The largest absolute Gasteiger partial charge is 0.352 e. The number of halogens is 2. The molecule has 1 atom stereocenters. The Balaban J connectivity index is 1.77. The zero-order valence-electron chi connectivity index (χ0n) is 20.6. The monoisotopic (exact) mass is 526 g/mol. The van der Waals surface area contributed by atoms with Gasteiger partial charge in [0.25, 0.3) is 0 Å². The first-order valence-electron chi connectivity index (χ1n) is 12.1. The van der Waals surface area contributed by atoms with Crippen LogP contribution in [-0.4, -0.2) is 34.6 Å². The van der Waals surface area contributed by atoms with E-state index in [1.165, 1.54) is 12.1 Å². The van der Waals surface area contributed by atoms with E-state index in [1.54, 1.807) is 28.8 Å². The fourth-order valence-electron chi connectivity index (χ4n) is 3.81. The average Bonchev–Trinajstić information content (AvgIpc) is 2.86. The van der Waals surface area contributed by atoms with Crippen molar-refractivity contribution in [1.82, 2.24) is 10.2 Å². The molecule has 36 heavy (non-hydrogen) atoms. The summed E-state index contributed by atoms with van der Waals surface area (Å²) >= 11 is 7.62. The van der Waals surface area contributed by atoms with E-state index in [0.29, 0.717) is 24.3 Å². The number of rotatable bonds is 12. The average molecular weight is 527 g/mol. The van der Waals surface area contributed by atoms with E-state index < -0.39 is 6.04 Å². The highest BCUT2D eigenvalue weighted by atomic mass is 35.5. The van der Waals surface area contributed by atoms with Crippen LogP contribution in [0.3, 0.4) is 0 Å². The fourth-order valence-corrected chi connectivity index (χ4v) is 4.79. The van der Waals surface area contributed by atoms with Crippen molar-refractivity contribution in [2.75, 3.05) is 5.75 Å². The molecule has 0 saturated heterocycles. The molecule has 0 radical (unpaired) electrons. The molecule has 0 spiro atoms. The highest BCUT2D eigenvalue weighted by Gasteiger charge is 2.30. The summed E-state index contributed by atoms with van der Waals surface area (Å²) in [6.45, 7) is 4.03. The van der Waals surface area contributed by atoms with Crippen LogP contribution in [0.4, 0.5) is 4.39 Å². The SMILES string of the molecule is CC(C)NC(=O)[C@H](Cc1ccccc1)N(Cc1ccc(F)cc1)C(=O)CCCSc1ccc(Cl)cc1. The van der Waals surface area contributed by atoms with Gasteiger partial charge in [-0.2, -0.15) is 0 Å². The maximum Gasteiger partial charge on any atom is 0.243 e. The lowest BCUT2D eigenvalue weighted by Gasteiger charge is -2.32. The van der Waals surface area contributed by atoms with E-state index in [9.17, 15) is 14.0 Å². The molecule has 0 aliphatic carbocycles. The van der Waals surface area contributed by atoms with Crippen LogP contribution in [-0.2, 0) is 22.6 Å². The lowest BCUT2D eigenvalue weighted by Crippen LogP contribution is -2.51. The Morgan fingerprint density at radius 3 is 2.25 bits per heavy atom. The van der Waals surface area contributed by atoms with Crippen molar-refractivity contribution in [3.63, 3.8) is 0 Å². The first-order chi connectivity index (χ1) is 17.3. The minimum atomic E-state index is -0.684. The lowest BCUT2D eigenvalue weighted by atomic mass is 10.0. The summed E-state index contributed by atoms with van der Waals surface area (Å²) in [7, 11) is 0.